The van der Waals surface area contributed by atoms with Crippen LogP contribution >= 0.6 is 0 Å². The molecule has 1 aromatic rings. The molecule has 0 heterocycles. The molecule has 0 spiro atoms. The van der Waals surface area contributed by atoms with Crippen molar-refractivity contribution in [1.82, 2.24) is 5.32 Å². The molecule has 0 bridgehead atoms. The van der Waals surface area contributed by atoms with Crippen LogP contribution in [0.25, 0.3) is 0 Å². The van der Waals surface area contributed by atoms with Gasteiger partial charge in [-0.05, 0) is 37.2 Å². The molecule has 3 nitrogen and oxygen atoms in total. The Morgan fingerprint density at radius 2 is 2.05 bits per heavy atom. The van der Waals surface area contributed by atoms with E-state index >= 15 is 0 Å². The first kappa shape index (κ1) is 14.1. The Bertz CT molecular complexity index is 450. The molecule has 0 aromatic heterocycles. The lowest BCUT2D eigenvalue weighted by molar-refractivity contribution is -0.121. The second-order valence-electron chi connectivity index (χ2n) is 6.07. The van der Waals surface area contributed by atoms with E-state index in [-0.39, 0.29) is 17.9 Å². The van der Waals surface area contributed by atoms with Gasteiger partial charge < -0.3 is 11.1 Å². The number of nitrogens with two attached hydrogens (primary N) is 1. The van der Waals surface area contributed by atoms with Crippen molar-refractivity contribution < 1.29 is 4.79 Å². The average molecular weight is 260 g/mol. The summed E-state index contributed by atoms with van der Waals surface area (Å²) in [7, 11) is 0. The molecule has 104 valence electrons. The van der Waals surface area contributed by atoms with Gasteiger partial charge >= 0.3 is 0 Å². The van der Waals surface area contributed by atoms with Gasteiger partial charge in [-0.25, -0.2) is 0 Å². The molecular formula is C16H24N2O. The highest BCUT2D eigenvalue weighted by Gasteiger charge is 2.33. The van der Waals surface area contributed by atoms with Crippen molar-refractivity contribution in [3.05, 3.63) is 35.4 Å². The summed E-state index contributed by atoms with van der Waals surface area (Å²) in [6.45, 7) is 6.18. The van der Waals surface area contributed by atoms with Crippen LogP contribution in [0.1, 0.15) is 43.7 Å². The predicted molar refractivity (Wildman–Crippen MR) is 77.9 cm³/mol. The normalized spacial score (nSPS) is 24.0. The van der Waals surface area contributed by atoms with Crippen LogP contribution in [0.5, 0.6) is 0 Å². The Hall–Kier alpha value is -1.35. The van der Waals surface area contributed by atoms with Crippen LogP contribution in [0.3, 0.4) is 0 Å². The summed E-state index contributed by atoms with van der Waals surface area (Å²) >= 11 is 0. The minimum atomic E-state index is -0.242. The van der Waals surface area contributed by atoms with Gasteiger partial charge in [-0.3, -0.25) is 4.79 Å². The van der Waals surface area contributed by atoms with Crippen molar-refractivity contribution in [1.29, 1.82) is 0 Å². The zero-order chi connectivity index (χ0) is 14.0. The topological polar surface area (TPSA) is 55.1 Å². The largest absolute Gasteiger partial charge is 0.368 e. The van der Waals surface area contributed by atoms with Crippen LogP contribution in [0, 0.1) is 12.8 Å². The van der Waals surface area contributed by atoms with Gasteiger partial charge in [-0.2, -0.15) is 0 Å². The lowest BCUT2D eigenvalue weighted by Crippen LogP contribution is -2.53. The van der Waals surface area contributed by atoms with Crippen LogP contribution in [0.4, 0.5) is 0 Å². The van der Waals surface area contributed by atoms with Crippen LogP contribution < -0.4 is 11.1 Å². The van der Waals surface area contributed by atoms with Crippen LogP contribution in [-0.2, 0) is 4.79 Å². The average Bonchev–Trinajstić information content (AvgIpc) is 2.26. The fourth-order valence-electron chi connectivity index (χ4n) is 2.81. The van der Waals surface area contributed by atoms with E-state index in [0.29, 0.717) is 12.0 Å². The molecule has 19 heavy (non-hydrogen) atoms. The summed E-state index contributed by atoms with van der Waals surface area (Å²) in [6, 6.07) is 8.91. The number of primary amides is 1. The summed E-state index contributed by atoms with van der Waals surface area (Å²) in [5, 5.41) is 3.39. The van der Waals surface area contributed by atoms with Crippen molar-refractivity contribution in [2.45, 2.75) is 51.6 Å². The molecule has 2 rings (SSSR count). The third-order valence-corrected chi connectivity index (χ3v) is 4.04. The van der Waals surface area contributed by atoms with E-state index in [4.69, 9.17) is 5.73 Å². The minimum absolute atomic E-state index is 0.205. The number of carbonyl (C=O) groups excluding carboxylic acids is 1. The van der Waals surface area contributed by atoms with E-state index in [1.54, 1.807) is 0 Å². The first-order chi connectivity index (χ1) is 8.97. The van der Waals surface area contributed by atoms with Gasteiger partial charge in [-0.15, -0.1) is 0 Å². The Morgan fingerprint density at radius 1 is 1.37 bits per heavy atom. The first-order valence-corrected chi connectivity index (χ1v) is 7.09. The van der Waals surface area contributed by atoms with E-state index in [1.165, 1.54) is 11.1 Å². The second-order valence-corrected chi connectivity index (χ2v) is 6.07. The maximum atomic E-state index is 11.4. The van der Waals surface area contributed by atoms with Crippen molar-refractivity contribution in [3.63, 3.8) is 0 Å². The fraction of sp³-hybridized carbons (Fsp3) is 0.562. The molecule has 1 amide bonds. The van der Waals surface area contributed by atoms with Crippen molar-refractivity contribution >= 4 is 5.91 Å². The fourth-order valence-corrected chi connectivity index (χ4v) is 2.81. The van der Waals surface area contributed by atoms with E-state index in [9.17, 15) is 4.79 Å². The molecule has 3 heteroatoms. The van der Waals surface area contributed by atoms with Crippen molar-refractivity contribution in [2.24, 2.45) is 11.7 Å². The van der Waals surface area contributed by atoms with E-state index in [0.717, 1.165) is 12.8 Å². The molecule has 1 aromatic carbocycles. The SMILES string of the molecule is Cc1cccc(C2CC(NC(C(N)=O)C(C)C)C2)c1. The smallest absolute Gasteiger partial charge is 0.234 e. The molecular weight excluding hydrogens is 236 g/mol. The Kier molecular flexibility index (Phi) is 4.25. The van der Waals surface area contributed by atoms with E-state index < -0.39 is 0 Å². The van der Waals surface area contributed by atoms with Gasteiger partial charge in [0.05, 0.1) is 6.04 Å². The number of hydrogen-bond donors (Lipinski definition) is 2. The third-order valence-electron chi connectivity index (χ3n) is 4.04. The molecule has 1 atom stereocenters. The first-order valence-electron chi connectivity index (χ1n) is 7.09. The Morgan fingerprint density at radius 3 is 2.58 bits per heavy atom. The van der Waals surface area contributed by atoms with Gasteiger partial charge in [0.2, 0.25) is 5.91 Å². The highest BCUT2D eigenvalue weighted by Crippen LogP contribution is 2.37. The van der Waals surface area contributed by atoms with Crippen molar-refractivity contribution in [3.8, 4) is 0 Å². The highest BCUT2D eigenvalue weighted by molar-refractivity contribution is 5.80. The second kappa shape index (κ2) is 5.74. The summed E-state index contributed by atoms with van der Waals surface area (Å²) in [5.74, 6) is 0.627. The maximum Gasteiger partial charge on any atom is 0.234 e. The summed E-state index contributed by atoms with van der Waals surface area (Å²) < 4.78 is 0. The zero-order valence-electron chi connectivity index (χ0n) is 12.0. The predicted octanol–water partition coefficient (Wildman–Crippen LogP) is 2.34. The molecule has 0 radical (unpaired) electrons. The number of aryl methyl sites for hydroxylation is 1. The molecule has 0 aliphatic heterocycles. The maximum absolute atomic E-state index is 11.4. The number of carbonyl (C=O) groups is 1. The summed E-state index contributed by atoms with van der Waals surface area (Å²) in [5.41, 5.74) is 8.16. The summed E-state index contributed by atoms with van der Waals surface area (Å²) in [6.07, 6.45) is 2.19. The quantitative estimate of drug-likeness (QED) is 0.853. The van der Waals surface area contributed by atoms with E-state index in [2.05, 4.69) is 36.5 Å². The highest BCUT2D eigenvalue weighted by atomic mass is 16.1. The number of benzene rings is 1. The minimum Gasteiger partial charge on any atom is -0.368 e. The molecule has 1 aliphatic carbocycles. The molecule has 1 saturated carbocycles. The van der Waals surface area contributed by atoms with Gasteiger partial charge in [0, 0.05) is 6.04 Å². The standard InChI is InChI=1S/C16H24N2O/c1-10(2)15(16(17)19)18-14-8-13(9-14)12-6-4-5-11(3)7-12/h4-7,10,13-15,18H,8-9H2,1-3H3,(H2,17,19). The number of nitrogens with one attached hydrogen (secondary N) is 1. The van der Waals surface area contributed by atoms with Crippen molar-refractivity contribution in [2.75, 3.05) is 0 Å². The van der Waals surface area contributed by atoms with E-state index in [1.807, 2.05) is 13.8 Å². The number of rotatable bonds is 5. The molecule has 1 fully saturated rings. The monoisotopic (exact) mass is 260 g/mol. The van der Waals surface area contributed by atoms with Crippen LogP contribution in [0.2, 0.25) is 0 Å². The number of amides is 1. The molecule has 1 unspecified atom stereocenters. The molecule has 1 aliphatic rings. The zero-order valence-corrected chi connectivity index (χ0v) is 12.0. The summed E-state index contributed by atoms with van der Waals surface area (Å²) in [4.78, 5) is 11.4. The van der Waals surface area contributed by atoms with Gasteiger partial charge in [0.15, 0.2) is 0 Å². The molecule has 3 N–H and O–H groups in total. The van der Waals surface area contributed by atoms with Crippen LogP contribution in [0.15, 0.2) is 24.3 Å². The lowest BCUT2D eigenvalue weighted by Gasteiger charge is -2.39. The third kappa shape index (κ3) is 3.35. The van der Waals surface area contributed by atoms with Gasteiger partial charge in [0.25, 0.3) is 0 Å². The Labute approximate surface area is 115 Å². The number of hydrogen-bond acceptors (Lipinski definition) is 2. The van der Waals surface area contributed by atoms with Gasteiger partial charge in [0.1, 0.15) is 0 Å². The van der Waals surface area contributed by atoms with Gasteiger partial charge in [-0.1, -0.05) is 43.7 Å². The molecule has 0 saturated heterocycles. The lowest BCUT2D eigenvalue weighted by atomic mass is 9.75. The Balaban J connectivity index is 1.88. The van der Waals surface area contributed by atoms with Crippen LogP contribution in [-0.4, -0.2) is 18.0 Å².